The first-order valence-electron chi connectivity index (χ1n) is 10.1. The largest absolute Gasteiger partial charge is 0.496 e. The van der Waals surface area contributed by atoms with Crippen molar-refractivity contribution in [1.82, 2.24) is 20.1 Å². The maximum absolute atomic E-state index is 12.7. The predicted octanol–water partition coefficient (Wildman–Crippen LogP) is 2.28. The highest BCUT2D eigenvalue weighted by Crippen LogP contribution is 2.22. The molecule has 2 heterocycles. The van der Waals surface area contributed by atoms with Crippen LogP contribution in [-0.2, 0) is 22.7 Å². The number of nitrogens with one attached hydrogen (secondary N) is 2. The topological polar surface area (TPSA) is 92.7 Å². The summed E-state index contributed by atoms with van der Waals surface area (Å²) >= 11 is 0. The number of para-hydroxylation sites is 2. The van der Waals surface area contributed by atoms with E-state index in [0.29, 0.717) is 18.8 Å². The lowest BCUT2D eigenvalue weighted by atomic mass is 10.1. The summed E-state index contributed by atoms with van der Waals surface area (Å²) in [7, 11) is 1.54. The minimum atomic E-state index is -0.866. The van der Waals surface area contributed by atoms with Crippen molar-refractivity contribution in [3.8, 4) is 5.75 Å². The molecule has 1 atom stereocenters. The van der Waals surface area contributed by atoms with Crippen molar-refractivity contribution in [2.75, 3.05) is 13.7 Å². The second kappa shape index (κ2) is 8.91. The second-order valence-electron chi connectivity index (χ2n) is 7.36. The van der Waals surface area contributed by atoms with Gasteiger partial charge in [-0.15, -0.1) is 0 Å². The van der Waals surface area contributed by atoms with Crippen molar-refractivity contribution in [3.05, 3.63) is 66.4 Å². The first-order valence-corrected chi connectivity index (χ1v) is 10.1. The molecule has 2 aromatic carbocycles. The van der Waals surface area contributed by atoms with Gasteiger partial charge < -0.3 is 19.9 Å². The summed E-state index contributed by atoms with van der Waals surface area (Å²) < 4.78 is 7.35. The number of fused-ring (bicyclic) bond motifs is 1. The third kappa shape index (κ3) is 4.37. The van der Waals surface area contributed by atoms with Crippen molar-refractivity contribution in [2.45, 2.75) is 25.6 Å². The molecule has 8 heteroatoms. The molecule has 0 spiro atoms. The summed E-state index contributed by atoms with van der Waals surface area (Å²) in [4.78, 5) is 38.4. The molecule has 1 unspecified atom stereocenters. The van der Waals surface area contributed by atoms with Crippen LogP contribution >= 0.6 is 0 Å². The van der Waals surface area contributed by atoms with Crippen molar-refractivity contribution in [2.24, 2.45) is 0 Å². The number of ether oxygens (including phenoxy) is 1. The molecule has 1 fully saturated rings. The molecule has 1 saturated heterocycles. The van der Waals surface area contributed by atoms with E-state index in [1.807, 2.05) is 48.7 Å². The molecule has 0 aliphatic carbocycles. The Labute approximate surface area is 179 Å². The summed E-state index contributed by atoms with van der Waals surface area (Å²) in [5.74, 6) is -0.0986. The quantitative estimate of drug-likeness (QED) is 0.547. The number of carbonyl (C=O) groups excluding carboxylic acids is 3. The van der Waals surface area contributed by atoms with Gasteiger partial charge in [0.15, 0.2) is 0 Å². The van der Waals surface area contributed by atoms with Crippen LogP contribution < -0.4 is 15.4 Å². The van der Waals surface area contributed by atoms with Crippen LogP contribution in [0.1, 0.15) is 12.0 Å². The minimum Gasteiger partial charge on any atom is -0.496 e. The lowest BCUT2D eigenvalue weighted by Crippen LogP contribution is -2.37. The molecule has 31 heavy (non-hydrogen) atoms. The van der Waals surface area contributed by atoms with Gasteiger partial charge in [-0.1, -0.05) is 36.4 Å². The standard InChI is InChI=1S/C23H24N4O4/c1-31-20-9-5-3-7-17(20)15-27-22(29)18(25-23(27)30)14-21(28)24-11-13-26-12-10-16-6-2-4-8-19(16)26/h2-10,12,18H,11,13-15H2,1H3,(H,24,28)(H,25,30). The maximum Gasteiger partial charge on any atom is 0.325 e. The molecular weight excluding hydrogens is 396 g/mol. The van der Waals surface area contributed by atoms with Crippen LogP contribution in [0.4, 0.5) is 4.79 Å². The molecular formula is C23H24N4O4. The van der Waals surface area contributed by atoms with E-state index in [1.54, 1.807) is 12.1 Å². The van der Waals surface area contributed by atoms with Gasteiger partial charge in [0.2, 0.25) is 5.91 Å². The smallest absolute Gasteiger partial charge is 0.325 e. The Morgan fingerprint density at radius 3 is 2.71 bits per heavy atom. The van der Waals surface area contributed by atoms with E-state index in [0.717, 1.165) is 21.4 Å². The average Bonchev–Trinajstić information content (AvgIpc) is 3.30. The zero-order valence-corrected chi connectivity index (χ0v) is 17.2. The molecule has 2 N–H and O–H groups in total. The van der Waals surface area contributed by atoms with Gasteiger partial charge in [-0.05, 0) is 23.6 Å². The van der Waals surface area contributed by atoms with E-state index in [1.165, 1.54) is 7.11 Å². The van der Waals surface area contributed by atoms with Gasteiger partial charge in [-0.2, -0.15) is 0 Å². The minimum absolute atomic E-state index is 0.0908. The van der Waals surface area contributed by atoms with Crippen LogP contribution in [0.2, 0.25) is 0 Å². The number of amides is 4. The molecule has 4 rings (SSSR count). The summed E-state index contributed by atoms with van der Waals surface area (Å²) in [6.07, 6.45) is 1.88. The number of hydrogen-bond acceptors (Lipinski definition) is 4. The van der Waals surface area contributed by atoms with Crippen molar-refractivity contribution in [3.63, 3.8) is 0 Å². The number of rotatable bonds is 8. The number of benzene rings is 2. The van der Waals surface area contributed by atoms with Crippen LogP contribution in [-0.4, -0.2) is 47.0 Å². The molecule has 8 nitrogen and oxygen atoms in total. The van der Waals surface area contributed by atoms with Crippen molar-refractivity contribution < 1.29 is 19.1 Å². The van der Waals surface area contributed by atoms with E-state index < -0.39 is 18.0 Å². The number of aromatic nitrogens is 1. The van der Waals surface area contributed by atoms with E-state index in [4.69, 9.17) is 4.74 Å². The van der Waals surface area contributed by atoms with Gasteiger partial charge in [-0.3, -0.25) is 14.5 Å². The Kier molecular flexibility index (Phi) is 5.88. The highest BCUT2D eigenvalue weighted by atomic mass is 16.5. The Hall–Kier alpha value is -3.81. The number of imide groups is 1. The Morgan fingerprint density at radius 2 is 1.87 bits per heavy atom. The lowest BCUT2D eigenvalue weighted by Gasteiger charge is -2.15. The monoisotopic (exact) mass is 420 g/mol. The SMILES string of the molecule is COc1ccccc1CN1C(=O)NC(CC(=O)NCCn2ccc3ccccc32)C1=O. The van der Waals surface area contributed by atoms with E-state index in [9.17, 15) is 14.4 Å². The summed E-state index contributed by atoms with van der Waals surface area (Å²) in [5, 5.41) is 6.57. The fraction of sp³-hybridized carbons (Fsp3) is 0.261. The number of nitrogens with zero attached hydrogens (tertiary/aromatic N) is 2. The van der Waals surface area contributed by atoms with Crippen LogP contribution in [0.5, 0.6) is 5.75 Å². The fourth-order valence-corrected chi connectivity index (χ4v) is 3.78. The van der Waals surface area contributed by atoms with E-state index >= 15 is 0 Å². The van der Waals surface area contributed by atoms with E-state index in [2.05, 4.69) is 15.2 Å². The molecule has 3 aromatic rings. The molecule has 160 valence electrons. The number of hydrogen-bond donors (Lipinski definition) is 2. The Morgan fingerprint density at radius 1 is 1.10 bits per heavy atom. The van der Waals surface area contributed by atoms with Crippen molar-refractivity contribution in [1.29, 1.82) is 0 Å². The third-order valence-electron chi connectivity index (χ3n) is 5.37. The number of methoxy groups -OCH3 is 1. The molecule has 0 saturated carbocycles. The summed E-state index contributed by atoms with van der Waals surface area (Å²) in [5.41, 5.74) is 1.82. The molecule has 4 amide bonds. The summed E-state index contributed by atoms with van der Waals surface area (Å²) in [6, 6.07) is 15.9. The van der Waals surface area contributed by atoms with Gasteiger partial charge in [0, 0.05) is 30.4 Å². The van der Waals surface area contributed by atoms with Gasteiger partial charge in [0.1, 0.15) is 11.8 Å². The molecule has 1 aromatic heterocycles. The maximum atomic E-state index is 12.7. The van der Waals surface area contributed by atoms with Gasteiger partial charge in [0.25, 0.3) is 5.91 Å². The van der Waals surface area contributed by atoms with Gasteiger partial charge in [-0.25, -0.2) is 4.79 Å². The molecule has 0 radical (unpaired) electrons. The zero-order valence-electron chi connectivity index (χ0n) is 17.2. The third-order valence-corrected chi connectivity index (χ3v) is 5.37. The average molecular weight is 420 g/mol. The van der Waals surface area contributed by atoms with Crippen LogP contribution in [0.3, 0.4) is 0 Å². The molecule has 1 aliphatic rings. The first kappa shape index (κ1) is 20.5. The normalized spacial score (nSPS) is 15.9. The molecule has 1 aliphatic heterocycles. The second-order valence-corrected chi connectivity index (χ2v) is 7.36. The van der Waals surface area contributed by atoms with Gasteiger partial charge >= 0.3 is 6.03 Å². The van der Waals surface area contributed by atoms with Gasteiger partial charge in [0.05, 0.1) is 20.1 Å². The zero-order chi connectivity index (χ0) is 21.8. The summed E-state index contributed by atoms with van der Waals surface area (Å²) in [6.45, 7) is 1.13. The Bertz CT molecular complexity index is 1120. The van der Waals surface area contributed by atoms with Crippen LogP contribution in [0, 0.1) is 0 Å². The first-order chi connectivity index (χ1) is 15.1. The van der Waals surface area contributed by atoms with Crippen molar-refractivity contribution >= 4 is 28.7 Å². The number of carbonyl (C=O) groups is 3. The molecule has 0 bridgehead atoms. The predicted molar refractivity (Wildman–Crippen MR) is 115 cm³/mol. The lowest BCUT2D eigenvalue weighted by molar-refractivity contribution is -0.131. The highest BCUT2D eigenvalue weighted by Gasteiger charge is 2.39. The Balaban J connectivity index is 1.30. The number of urea groups is 1. The van der Waals surface area contributed by atoms with E-state index in [-0.39, 0.29) is 18.9 Å². The highest BCUT2D eigenvalue weighted by molar-refractivity contribution is 6.05. The van der Waals surface area contributed by atoms with Crippen LogP contribution in [0.25, 0.3) is 10.9 Å². The fourth-order valence-electron chi connectivity index (χ4n) is 3.78. The van der Waals surface area contributed by atoms with Crippen LogP contribution in [0.15, 0.2) is 60.8 Å².